The second kappa shape index (κ2) is 10.5. The number of nitriles is 1. The molecule has 1 N–H and O–H groups in total. The number of rotatable bonds is 9. The lowest BCUT2D eigenvalue weighted by Crippen LogP contribution is -2.24. The molecule has 82 valence electrons. The standard InChI is InChI=1S/C11H22N2O/c1-3-4-5-6-8-14-9-7-11(10-12)13-2/h11,13H,3-9H2,1-2H3. The van der Waals surface area contributed by atoms with E-state index >= 15 is 0 Å². The van der Waals surface area contributed by atoms with Gasteiger partial charge in [0.25, 0.3) is 0 Å². The summed E-state index contributed by atoms with van der Waals surface area (Å²) < 4.78 is 5.42. The molecule has 1 atom stereocenters. The molecule has 1 unspecified atom stereocenters. The van der Waals surface area contributed by atoms with Gasteiger partial charge >= 0.3 is 0 Å². The molecule has 0 amide bonds. The van der Waals surface area contributed by atoms with E-state index in [-0.39, 0.29) is 6.04 Å². The average molecular weight is 198 g/mol. The Labute approximate surface area is 87.4 Å². The predicted molar refractivity (Wildman–Crippen MR) is 58.0 cm³/mol. The third-order valence-electron chi connectivity index (χ3n) is 2.20. The maximum atomic E-state index is 8.63. The minimum Gasteiger partial charge on any atom is -0.381 e. The minimum absolute atomic E-state index is 0.0642. The first-order valence-corrected chi connectivity index (χ1v) is 5.49. The minimum atomic E-state index is -0.0642. The van der Waals surface area contributed by atoms with Gasteiger partial charge in [-0.05, 0) is 19.9 Å². The van der Waals surface area contributed by atoms with Crippen LogP contribution in [0.2, 0.25) is 0 Å². The summed E-state index contributed by atoms with van der Waals surface area (Å²) in [4.78, 5) is 0. The summed E-state index contributed by atoms with van der Waals surface area (Å²) in [5.74, 6) is 0. The first kappa shape index (κ1) is 13.4. The molecule has 0 aliphatic heterocycles. The van der Waals surface area contributed by atoms with Crippen LogP contribution >= 0.6 is 0 Å². The van der Waals surface area contributed by atoms with Crippen molar-refractivity contribution in [2.45, 2.75) is 45.1 Å². The van der Waals surface area contributed by atoms with E-state index in [0.717, 1.165) is 19.4 Å². The Morgan fingerprint density at radius 1 is 1.29 bits per heavy atom. The van der Waals surface area contributed by atoms with Crippen molar-refractivity contribution in [1.82, 2.24) is 5.32 Å². The SMILES string of the molecule is CCCCCCOCCC(C#N)NC. The average Bonchev–Trinajstić information content (AvgIpc) is 2.22. The molecule has 0 aliphatic carbocycles. The summed E-state index contributed by atoms with van der Waals surface area (Å²) in [6.45, 7) is 3.72. The summed E-state index contributed by atoms with van der Waals surface area (Å²) in [5.41, 5.74) is 0. The highest BCUT2D eigenvalue weighted by molar-refractivity contribution is 4.87. The molecule has 0 rings (SSSR count). The Bertz CT molecular complexity index is 154. The lowest BCUT2D eigenvalue weighted by molar-refractivity contribution is 0.124. The van der Waals surface area contributed by atoms with E-state index in [4.69, 9.17) is 10.00 Å². The van der Waals surface area contributed by atoms with Gasteiger partial charge in [0.15, 0.2) is 0 Å². The second-order valence-corrected chi connectivity index (χ2v) is 3.43. The Morgan fingerprint density at radius 3 is 2.64 bits per heavy atom. The van der Waals surface area contributed by atoms with Crippen molar-refractivity contribution in [2.24, 2.45) is 0 Å². The first-order chi connectivity index (χ1) is 6.85. The molecular weight excluding hydrogens is 176 g/mol. The second-order valence-electron chi connectivity index (χ2n) is 3.43. The molecular formula is C11H22N2O. The zero-order valence-corrected chi connectivity index (χ0v) is 9.38. The molecule has 0 aromatic carbocycles. The highest BCUT2D eigenvalue weighted by Gasteiger charge is 2.02. The van der Waals surface area contributed by atoms with E-state index < -0.39 is 0 Å². The summed E-state index contributed by atoms with van der Waals surface area (Å²) >= 11 is 0. The normalized spacial score (nSPS) is 12.4. The Morgan fingerprint density at radius 2 is 2.07 bits per heavy atom. The molecule has 14 heavy (non-hydrogen) atoms. The molecule has 0 aromatic rings. The van der Waals surface area contributed by atoms with Crippen LogP contribution < -0.4 is 5.32 Å². The molecule has 0 saturated heterocycles. The molecule has 0 aromatic heterocycles. The van der Waals surface area contributed by atoms with Gasteiger partial charge in [-0.1, -0.05) is 26.2 Å². The molecule has 0 bridgehead atoms. The van der Waals surface area contributed by atoms with Gasteiger partial charge < -0.3 is 10.1 Å². The Balaban J connectivity index is 3.09. The Kier molecular flexibility index (Phi) is 10.0. The molecule has 0 radical (unpaired) electrons. The molecule has 0 spiro atoms. The quantitative estimate of drug-likeness (QED) is 0.577. The fourth-order valence-electron chi connectivity index (χ4n) is 1.21. The van der Waals surface area contributed by atoms with Gasteiger partial charge in [0.1, 0.15) is 0 Å². The lowest BCUT2D eigenvalue weighted by Gasteiger charge is -2.07. The van der Waals surface area contributed by atoms with E-state index in [1.807, 2.05) is 0 Å². The van der Waals surface area contributed by atoms with Gasteiger partial charge in [0.05, 0.1) is 12.1 Å². The predicted octanol–water partition coefficient (Wildman–Crippen LogP) is 2.08. The van der Waals surface area contributed by atoms with Crippen LogP contribution in [0, 0.1) is 11.3 Å². The van der Waals surface area contributed by atoms with Crippen LogP contribution in [0.25, 0.3) is 0 Å². The van der Waals surface area contributed by atoms with Crippen LogP contribution in [-0.2, 0) is 4.74 Å². The summed E-state index contributed by atoms with van der Waals surface area (Å²) in [5, 5.41) is 11.6. The number of hydrogen-bond acceptors (Lipinski definition) is 3. The van der Waals surface area contributed by atoms with Crippen LogP contribution in [-0.4, -0.2) is 26.3 Å². The lowest BCUT2D eigenvalue weighted by atomic mass is 10.2. The maximum absolute atomic E-state index is 8.63. The smallest absolute Gasteiger partial charge is 0.0972 e. The molecule has 3 heteroatoms. The Hall–Kier alpha value is -0.590. The fourth-order valence-corrected chi connectivity index (χ4v) is 1.21. The zero-order valence-electron chi connectivity index (χ0n) is 9.38. The van der Waals surface area contributed by atoms with E-state index in [9.17, 15) is 0 Å². The number of ether oxygens (including phenoxy) is 1. The largest absolute Gasteiger partial charge is 0.381 e. The monoisotopic (exact) mass is 198 g/mol. The van der Waals surface area contributed by atoms with Gasteiger partial charge in [-0.15, -0.1) is 0 Å². The maximum Gasteiger partial charge on any atom is 0.0972 e. The zero-order chi connectivity index (χ0) is 10.6. The topological polar surface area (TPSA) is 45.0 Å². The van der Waals surface area contributed by atoms with E-state index in [1.165, 1.54) is 19.3 Å². The van der Waals surface area contributed by atoms with Crippen LogP contribution in [0.15, 0.2) is 0 Å². The molecule has 3 nitrogen and oxygen atoms in total. The van der Waals surface area contributed by atoms with Crippen molar-refractivity contribution < 1.29 is 4.74 Å². The number of nitrogens with one attached hydrogen (secondary N) is 1. The molecule has 0 heterocycles. The van der Waals surface area contributed by atoms with Gasteiger partial charge in [-0.2, -0.15) is 5.26 Å². The summed E-state index contributed by atoms with van der Waals surface area (Å²) in [6.07, 6.45) is 5.73. The number of hydrogen-bond donors (Lipinski definition) is 1. The third-order valence-corrected chi connectivity index (χ3v) is 2.20. The van der Waals surface area contributed by atoms with Crippen LogP contribution in [0.4, 0.5) is 0 Å². The fraction of sp³-hybridized carbons (Fsp3) is 0.909. The van der Waals surface area contributed by atoms with Gasteiger partial charge in [0.2, 0.25) is 0 Å². The van der Waals surface area contributed by atoms with E-state index in [2.05, 4.69) is 18.3 Å². The number of unbranched alkanes of at least 4 members (excludes halogenated alkanes) is 3. The van der Waals surface area contributed by atoms with Crippen molar-refractivity contribution in [3.05, 3.63) is 0 Å². The first-order valence-electron chi connectivity index (χ1n) is 5.49. The van der Waals surface area contributed by atoms with E-state index in [1.54, 1.807) is 7.05 Å². The van der Waals surface area contributed by atoms with Crippen molar-refractivity contribution in [1.29, 1.82) is 5.26 Å². The number of nitrogens with zero attached hydrogens (tertiary/aromatic N) is 1. The van der Waals surface area contributed by atoms with Crippen LogP contribution in [0.1, 0.15) is 39.0 Å². The highest BCUT2D eigenvalue weighted by Crippen LogP contribution is 1.99. The third kappa shape index (κ3) is 8.03. The summed E-state index contributed by atoms with van der Waals surface area (Å²) in [7, 11) is 1.80. The van der Waals surface area contributed by atoms with Crippen molar-refractivity contribution >= 4 is 0 Å². The summed E-state index contributed by atoms with van der Waals surface area (Å²) in [6, 6.07) is 2.11. The molecule has 0 aliphatic rings. The van der Waals surface area contributed by atoms with Crippen LogP contribution in [0.3, 0.4) is 0 Å². The highest BCUT2D eigenvalue weighted by atomic mass is 16.5. The molecule has 0 fully saturated rings. The van der Waals surface area contributed by atoms with Gasteiger partial charge in [0, 0.05) is 13.2 Å². The van der Waals surface area contributed by atoms with Gasteiger partial charge in [-0.3, -0.25) is 0 Å². The van der Waals surface area contributed by atoms with Crippen LogP contribution in [0.5, 0.6) is 0 Å². The van der Waals surface area contributed by atoms with Crippen molar-refractivity contribution in [3.63, 3.8) is 0 Å². The van der Waals surface area contributed by atoms with E-state index in [0.29, 0.717) is 6.61 Å². The van der Waals surface area contributed by atoms with Crippen molar-refractivity contribution in [2.75, 3.05) is 20.3 Å². The van der Waals surface area contributed by atoms with Gasteiger partial charge in [-0.25, -0.2) is 0 Å². The molecule has 0 saturated carbocycles. The van der Waals surface area contributed by atoms with Crippen molar-refractivity contribution in [3.8, 4) is 6.07 Å².